The van der Waals surface area contributed by atoms with Crippen LogP contribution in [0.3, 0.4) is 0 Å². The van der Waals surface area contributed by atoms with Crippen LogP contribution in [0.4, 0.5) is 5.69 Å². The van der Waals surface area contributed by atoms with Gasteiger partial charge in [0.2, 0.25) is 5.91 Å². The Morgan fingerprint density at radius 1 is 1.18 bits per heavy atom. The third-order valence-corrected chi connectivity index (χ3v) is 5.35. The molecule has 1 aromatic carbocycles. The molecule has 0 unspecified atom stereocenters. The molecule has 0 radical (unpaired) electrons. The van der Waals surface area contributed by atoms with Crippen molar-refractivity contribution < 1.29 is 29.3 Å². The van der Waals surface area contributed by atoms with Crippen molar-refractivity contribution >= 4 is 34.9 Å². The number of aromatic carboxylic acids is 1. The first-order valence-corrected chi connectivity index (χ1v) is 9.76. The summed E-state index contributed by atoms with van der Waals surface area (Å²) in [7, 11) is 0. The molecule has 0 bridgehead atoms. The molecule has 1 heterocycles. The Morgan fingerprint density at radius 3 is 2.57 bits per heavy atom. The minimum atomic E-state index is -1.18. The van der Waals surface area contributed by atoms with E-state index in [0.29, 0.717) is 22.5 Å². The second kappa shape index (κ2) is 9.89. The summed E-state index contributed by atoms with van der Waals surface area (Å²) < 4.78 is 5.20. The van der Waals surface area contributed by atoms with Crippen LogP contribution >= 0.6 is 11.3 Å². The van der Waals surface area contributed by atoms with Gasteiger partial charge in [-0.1, -0.05) is 31.9 Å². The van der Waals surface area contributed by atoms with Crippen molar-refractivity contribution in [3.8, 4) is 16.2 Å². The largest absolute Gasteiger partial charge is 0.480 e. The molecule has 28 heavy (non-hydrogen) atoms. The van der Waals surface area contributed by atoms with Gasteiger partial charge in [0.1, 0.15) is 5.75 Å². The highest BCUT2D eigenvalue weighted by molar-refractivity contribution is 7.18. The van der Waals surface area contributed by atoms with Crippen molar-refractivity contribution in [1.29, 1.82) is 0 Å². The van der Waals surface area contributed by atoms with Gasteiger partial charge in [0, 0.05) is 22.5 Å². The predicted octanol–water partition coefficient (Wildman–Crippen LogP) is 4.40. The van der Waals surface area contributed by atoms with Gasteiger partial charge in [0.15, 0.2) is 11.5 Å². The molecule has 0 saturated heterocycles. The molecule has 0 aliphatic carbocycles. The minimum absolute atomic E-state index is 0.0530. The minimum Gasteiger partial charge on any atom is -0.480 e. The number of aliphatic carboxylic acids is 1. The number of carbonyl (C=O) groups excluding carboxylic acids is 1. The number of benzene rings is 1. The number of amides is 1. The highest BCUT2D eigenvalue weighted by Gasteiger charge is 2.23. The fraction of sp³-hybridized carbons (Fsp3) is 0.350. The second-order valence-corrected chi connectivity index (χ2v) is 7.31. The van der Waals surface area contributed by atoms with Gasteiger partial charge in [-0.25, -0.2) is 9.59 Å². The van der Waals surface area contributed by atoms with Crippen LogP contribution in [0.2, 0.25) is 0 Å². The molecule has 2 aromatic rings. The number of unbranched alkanes of at least 4 members (excludes halogenated alkanes) is 2. The van der Waals surface area contributed by atoms with Gasteiger partial charge in [-0.3, -0.25) is 4.79 Å². The van der Waals surface area contributed by atoms with Crippen LogP contribution < -0.4 is 10.1 Å². The summed E-state index contributed by atoms with van der Waals surface area (Å²) in [6.07, 6.45) is 3.32. The number of carboxylic acids is 2. The van der Waals surface area contributed by atoms with E-state index in [4.69, 9.17) is 9.84 Å². The maximum absolute atomic E-state index is 12.0. The van der Waals surface area contributed by atoms with Crippen LogP contribution in [0.15, 0.2) is 24.3 Å². The van der Waals surface area contributed by atoms with E-state index in [1.165, 1.54) is 0 Å². The molecule has 0 spiro atoms. The number of thiophene rings is 1. The number of rotatable bonds is 10. The average Bonchev–Trinajstić information content (AvgIpc) is 2.97. The van der Waals surface area contributed by atoms with E-state index in [9.17, 15) is 19.5 Å². The first kappa shape index (κ1) is 21.4. The quantitative estimate of drug-likeness (QED) is 0.505. The third-order valence-electron chi connectivity index (χ3n) is 4.04. The van der Waals surface area contributed by atoms with Crippen molar-refractivity contribution in [3.05, 3.63) is 34.7 Å². The number of carbonyl (C=O) groups is 3. The zero-order valence-electron chi connectivity index (χ0n) is 15.8. The summed E-state index contributed by atoms with van der Waals surface area (Å²) in [5, 5.41) is 21.1. The summed E-state index contributed by atoms with van der Waals surface area (Å²) in [5.74, 6) is -2.37. The molecule has 0 aliphatic rings. The smallest absolute Gasteiger partial charge is 0.349 e. The van der Waals surface area contributed by atoms with Gasteiger partial charge in [-0.15, -0.1) is 11.3 Å². The molecule has 0 atom stereocenters. The van der Waals surface area contributed by atoms with Gasteiger partial charge in [0.05, 0.1) is 0 Å². The Hall–Kier alpha value is -2.87. The van der Waals surface area contributed by atoms with Crippen molar-refractivity contribution in [2.75, 3.05) is 11.9 Å². The fourth-order valence-corrected chi connectivity index (χ4v) is 3.81. The van der Waals surface area contributed by atoms with Gasteiger partial charge >= 0.3 is 11.9 Å². The Balaban J connectivity index is 2.27. The van der Waals surface area contributed by atoms with E-state index < -0.39 is 18.5 Å². The fourth-order valence-electron chi connectivity index (χ4n) is 2.72. The van der Waals surface area contributed by atoms with E-state index in [2.05, 4.69) is 12.2 Å². The monoisotopic (exact) mass is 405 g/mol. The Kier molecular flexibility index (Phi) is 7.57. The molecular weight excluding hydrogens is 382 g/mol. The van der Waals surface area contributed by atoms with E-state index in [1.54, 1.807) is 31.2 Å². The lowest BCUT2D eigenvalue weighted by Crippen LogP contribution is -2.11. The van der Waals surface area contributed by atoms with E-state index in [1.807, 2.05) is 0 Å². The molecule has 1 amide bonds. The van der Waals surface area contributed by atoms with Crippen LogP contribution in [0.25, 0.3) is 10.4 Å². The van der Waals surface area contributed by atoms with Crippen LogP contribution in [-0.2, 0) is 9.59 Å². The van der Waals surface area contributed by atoms with E-state index in [-0.39, 0.29) is 16.5 Å². The second-order valence-electron chi connectivity index (χ2n) is 6.29. The van der Waals surface area contributed by atoms with Crippen molar-refractivity contribution in [1.82, 2.24) is 0 Å². The number of hydrogen-bond donors (Lipinski definition) is 3. The average molecular weight is 405 g/mol. The highest BCUT2D eigenvalue weighted by atomic mass is 32.1. The maximum Gasteiger partial charge on any atom is 0.349 e. The molecule has 150 valence electrons. The number of carboxylic acid groups (broad SMARTS) is 2. The number of nitrogens with one attached hydrogen (secondary N) is 1. The molecule has 8 heteroatoms. The number of hydrogen-bond acceptors (Lipinski definition) is 5. The normalized spacial score (nSPS) is 10.5. The molecule has 3 N–H and O–H groups in total. The molecule has 7 nitrogen and oxygen atoms in total. The molecular formula is C20H23NO6S. The zero-order valence-corrected chi connectivity index (χ0v) is 16.6. The first-order chi connectivity index (χ1) is 13.3. The predicted molar refractivity (Wildman–Crippen MR) is 107 cm³/mol. The summed E-state index contributed by atoms with van der Waals surface area (Å²) in [6.45, 7) is 3.14. The van der Waals surface area contributed by atoms with Gasteiger partial charge in [-0.05, 0) is 31.0 Å². The van der Waals surface area contributed by atoms with E-state index >= 15 is 0 Å². The van der Waals surface area contributed by atoms with Crippen LogP contribution in [0.1, 0.15) is 47.8 Å². The van der Waals surface area contributed by atoms with Gasteiger partial charge < -0.3 is 20.3 Å². The molecule has 0 saturated carbocycles. The van der Waals surface area contributed by atoms with Crippen LogP contribution in [0.5, 0.6) is 5.75 Å². The molecule has 0 fully saturated rings. The molecule has 1 aromatic heterocycles. The summed E-state index contributed by atoms with van der Waals surface area (Å²) in [6, 6.07) is 7.11. The third kappa shape index (κ3) is 5.56. The molecule has 2 rings (SSSR count). The lowest BCUT2D eigenvalue weighted by molar-refractivity contribution is -0.139. The number of anilines is 1. The highest BCUT2D eigenvalue weighted by Crippen LogP contribution is 2.42. The lowest BCUT2D eigenvalue weighted by Gasteiger charge is -2.08. The standard InChI is InChI=1S/C20H23NO6S/c1-3-4-5-9-15(22)21-14-8-6-7-13(10-14)18-12(2)17(27-11-16(23)24)19(28-18)20(25)26/h6-8,10H,3-5,9,11H2,1-2H3,(H,21,22)(H,23,24)(H,25,26). The van der Waals surface area contributed by atoms with Crippen LogP contribution in [0, 0.1) is 6.92 Å². The maximum atomic E-state index is 12.0. The summed E-state index contributed by atoms with van der Waals surface area (Å²) in [4.78, 5) is 34.9. The van der Waals surface area contributed by atoms with Crippen LogP contribution in [-0.4, -0.2) is 34.7 Å². The van der Waals surface area contributed by atoms with Gasteiger partial charge in [0.25, 0.3) is 0 Å². The Labute approximate surface area is 167 Å². The first-order valence-electron chi connectivity index (χ1n) is 8.95. The van der Waals surface area contributed by atoms with Crippen molar-refractivity contribution in [2.45, 2.75) is 39.5 Å². The van der Waals surface area contributed by atoms with E-state index in [0.717, 1.165) is 36.2 Å². The van der Waals surface area contributed by atoms with Gasteiger partial charge in [-0.2, -0.15) is 0 Å². The lowest BCUT2D eigenvalue weighted by atomic mass is 10.1. The Bertz CT molecular complexity index is 874. The topological polar surface area (TPSA) is 113 Å². The SMILES string of the molecule is CCCCCC(=O)Nc1cccc(-c2sc(C(=O)O)c(OCC(=O)O)c2C)c1. The van der Waals surface area contributed by atoms with Crippen molar-refractivity contribution in [2.24, 2.45) is 0 Å². The summed E-state index contributed by atoms with van der Waals surface area (Å²) in [5.41, 5.74) is 1.90. The van der Waals surface area contributed by atoms with Crippen molar-refractivity contribution in [3.63, 3.8) is 0 Å². The molecule has 0 aliphatic heterocycles. The Morgan fingerprint density at radius 2 is 1.93 bits per heavy atom. The zero-order chi connectivity index (χ0) is 20.7. The summed E-state index contributed by atoms with van der Waals surface area (Å²) >= 11 is 1.01. The number of ether oxygens (including phenoxy) is 1.